The number of oxazole rings is 1. The fourth-order valence-corrected chi connectivity index (χ4v) is 2.96. The highest BCUT2D eigenvalue weighted by Gasteiger charge is 2.37. The van der Waals surface area contributed by atoms with Gasteiger partial charge in [-0.05, 0) is 25.1 Å². The highest BCUT2D eigenvalue weighted by atomic mass is 16.6. The molecule has 0 saturated heterocycles. The summed E-state index contributed by atoms with van der Waals surface area (Å²) in [4.78, 5) is 40.9. The quantitative estimate of drug-likeness (QED) is 0.400. The van der Waals surface area contributed by atoms with Gasteiger partial charge in [-0.25, -0.2) is 4.98 Å². The van der Waals surface area contributed by atoms with Gasteiger partial charge in [0.1, 0.15) is 11.5 Å². The van der Waals surface area contributed by atoms with Gasteiger partial charge in [-0.15, -0.1) is 0 Å². The number of nitro benzene ring substituents is 1. The number of non-ortho nitro benzene ring substituents is 1. The van der Waals surface area contributed by atoms with Crippen LogP contribution in [0, 0.1) is 17.0 Å². The van der Waals surface area contributed by atoms with Crippen LogP contribution in [0.1, 0.15) is 32.2 Å². The first-order valence-electron chi connectivity index (χ1n) is 8.12. The van der Waals surface area contributed by atoms with Crippen molar-refractivity contribution in [3.8, 4) is 11.5 Å². The summed E-state index contributed by atoms with van der Waals surface area (Å²) in [6.07, 6.45) is 0. The molecule has 0 N–H and O–H groups in total. The molecule has 0 radical (unpaired) electrons. The molecule has 2 heterocycles. The third kappa shape index (κ3) is 2.77. The number of nitrogens with zero attached hydrogens (tertiary/aromatic N) is 3. The topological polar surface area (TPSA) is 107 Å². The Morgan fingerprint density at radius 2 is 1.78 bits per heavy atom. The van der Waals surface area contributed by atoms with Crippen LogP contribution in [0.5, 0.6) is 0 Å². The highest BCUT2D eigenvalue weighted by Crippen LogP contribution is 2.29. The van der Waals surface area contributed by atoms with E-state index in [0.717, 1.165) is 16.5 Å². The van der Waals surface area contributed by atoms with Crippen molar-refractivity contribution in [2.24, 2.45) is 0 Å². The van der Waals surface area contributed by atoms with E-state index in [2.05, 4.69) is 4.98 Å². The predicted molar refractivity (Wildman–Crippen MR) is 94.0 cm³/mol. The number of imide groups is 1. The zero-order valence-electron chi connectivity index (χ0n) is 14.2. The van der Waals surface area contributed by atoms with E-state index >= 15 is 0 Å². The SMILES string of the molecule is Cc1oc(-c2ccccc2)nc1CN1C(=O)c2ccc([N+](=O)[O-])cc2C1=O. The Morgan fingerprint density at radius 3 is 2.48 bits per heavy atom. The number of fused-ring (bicyclic) bond motifs is 1. The van der Waals surface area contributed by atoms with Gasteiger partial charge in [0.15, 0.2) is 0 Å². The van der Waals surface area contributed by atoms with E-state index in [-0.39, 0.29) is 23.4 Å². The van der Waals surface area contributed by atoms with Crippen LogP contribution in [0.3, 0.4) is 0 Å². The molecule has 0 fully saturated rings. The van der Waals surface area contributed by atoms with E-state index in [1.165, 1.54) is 12.1 Å². The molecule has 0 bridgehead atoms. The van der Waals surface area contributed by atoms with E-state index in [9.17, 15) is 19.7 Å². The minimum atomic E-state index is -0.603. The second-order valence-corrected chi connectivity index (χ2v) is 6.07. The van der Waals surface area contributed by atoms with Crippen molar-refractivity contribution < 1.29 is 18.9 Å². The molecule has 4 rings (SSSR count). The first-order chi connectivity index (χ1) is 13.0. The Kier molecular flexibility index (Phi) is 3.80. The van der Waals surface area contributed by atoms with Crippen molar-refractivity contribution in [3.63, 3.8) is 0 Å². The summed E-state index contributed by atoms with van der Waals surface area (Å²) >= 11 is 0. The largest absolute Gasteiger partial charge is 0.441 e. The van der Waals surface area contributed by atoms with Gasteiger partial charge in [-0.1, -0.05) is 18.2 Å². The lowest BCUT2D eigenvalue weighted by atomic mass is 10.1. The fraction of sp³-hybridized carbons (Fsp3) is 0.105. The maximum Gasteiger partial charge on any atom is 0.270 e. The number of carbonyl (C=O) groups excluding carboxylic acids is 2. The second kappa shape index (κ2) is 6.17. The van der Waals surface area contributed by atoms with Gasteiger partial charge in [0.2, 0.25) is 5.89 Å². The summed E-state index contributed by atoms with van der Waals surface area (Å²) in [5, 5.41) is 10.9. The number of hydrogen-bond acceptors (Lipinski definition) is 6. The summed E-state index contributed by atoms with van der Waals surface area (Å²) in [7, 11) is 0. The van der Waals surface area contributed by atoms with Crippen molar-refractivity contribution in [2.45, 2.75) is 13.5 Å². The zero-order chi connectivity index (χ0) is 19.1. The van der Waals surface area contributed by atoms with Crippen molar-refractivity contribution >= 4 is 17.5 Å². The van der Waals surface area contributed by atoms with E-state index < -0.39 is 16.7 Å². The Morgan fingerprint density at radius 1 is 1.07 bits per heavy atom. The molecule has 1 aromatic heterocycles. The van der Waals surface area contributed by atoms with E-state index in [4.69, 9.17) is 4.42 Å². The normalized spacial score (nSPS) is 13.1. The van der Waals surface area contributed by atoms with E-state index in [0.29, 0.717) is 17.3 Å². The number of aromatic nitrogens is 1. The van der Waals surface area contributed by atoms with Gasteiger partial charge in [0.05, 0.1) is 22.6 Å². The third-order valence-electron chi connectivity index (χ3n) is 4.39. The summed E-state index contributed by atoms with van der Waals surface area (Å²) in [5.41, 5.74) is 1.18. The number of carbonyl (C=O) groups is 2. The first-order valence-corrected chi connectivity index (χ1v) is 8.12. The smallest absolute Gasteiger partial charge is 0.270 e. The van der Waals surface area contributed by atoms with Crippen molar-refractivity contribution in [1.82, 2.24) is 9.88 Å². The van der Waals surface area contributed by atoms with Gasteiger partial charge in [-0.2, -0.15) is 0 Å². The minimum Gasteiger partial charge on any atom is -0.441 e. The van der Waals surface area contributed by atoms with Gasteiger partial charge < -0.3 is 4.42 Å². The van der Waals surface area contributed by atoms with Gasteiger partial charge in [0, 0.05) is 17.7 Å². The average Bonchev–Trinajstić information content (AvgIpc) is 3.15. The number of amides is 2. The second-order valence-electron chi connectivity index (χ2n) is 6.07. The maximum atomic E-state index is 12.6. The van der Waals surface area contributed by atoms with Crippen LogP contribution >= 0.6 is 0 Å². The molecule has 3 aromatic rings. The number of nitro groups is 1. The summed E-state index contributed by atoms with van der Waals surface area (Å²) in [6.45, 7) is 1.64. The molecule has 0 saturated carbocycles. The summed E-state index contributed by atoms with van der Waals surface area (Å²) in [6, 6.07) is 12.9. The summed E-state index contributed by atoms with van der Waals surface area (Å²) in [5.74, 6) is -0.192. The Labute approximate surface area is 153 Å². The molecule has 8 heteroatoms. The van der Waals surface area contributed by atoms with Gasteiger partial charge in [0.25, 0.3) is 17.5 Å². The van der Waals surface area contributed by atoms with Crippen LogP contribution in [0.25, 0.3) is 11.5 Å². The van der Waals surface area contributed by atoms with Crippen LogP contribution in [-0.4, -0.2) is 26.6 Å². The molecule has 1 aliphatic heterocycles. The number of benzene rings is 2. The lowest BCUT2D eigenvalue weighted by Crippen LogP contribution is -2.29. The lowest BCUT2D eigenvalue weighted by molar-refractivity contribution is -0.384. The molecular weight excluding hydrogens is 350 g/mol. The molecule has 1 aliphatic rings. The Balaban J connectivity index is 1.64. The maximum absolute atomic E-state index is 12.6. The molecule has 8 nitrogen and oxygen atoms in total. The first kappa shape index (κ1) is 16.6. The minimum absolute atomic E-state index is 0.0265. The number of rotatable bonds is 4. The highest BCUT2D eigenvalue weighted by molar-refractivity contribution is 6.21. The third-order valence-corrected chi connectivity index (χ3v) is 4.39. The molecule has 0 aliphatic carbocycles. The molecular formula is C19H13N3O5. The Bertz CT molecular complexity index is 1090. The molecule has 2 aromatic carbocycles. The number of hydrogen-bond donors (Lipinski definition) is 0. The number of aryl methyl sites for hydroxylation is 1. The monoisotopic (exact) mass is 363 g/mol. The lowest BCUT2D eigenvalue weighted by Gasteiger charge is -2.11. The average molecular weight is 363 g/mol. The van der Waals surface area contributed by atoms with Crippen molar-refractivity contribution in [2.75, 3.05) is 0 Å². The fourth-order valence-electron chi connectivity index (χ4n) is 2.96. The van der Waals surface area contributed by atoms with E-state index in [1.54, 1.807) is 6.92 Å². The zero-order valence-corrected chi connectivity index (χ0v) is 14.2. The van der Waals surface area contributed by atoms with Gasteiger partial charge >= 0.3 is 0 Å². The van der Waals surface area contributed by atoms with Crippen LogP contribution in [-0.2, 0) is 6.54 Å². The summed E-state index contributed by atoms with van der Waals surface area (Å²) < 4.78 is 5.66. The predicted octanol–water partition coefficient (Wildman–Crippen LogP) is 3.35. The Hall–Kier alpha value is -3.81. The van der Waals surface area contributed by atoms with Crippen LogP contribution in [0.2, 0.25) is 0 Å². The molecule has 0 atom stereocenters. The van der Waals surface area contributed by atoms with Crippen LogP contribution < -0.4 is 0 Å². The molecule has 27 heavy (non-hydrogen) atoms. The molecule has 0 spiro atoms. The van der Waals surface area contributed by atoms with E-state index in [1.807, 2.05) is 30.3 Å². The van der Waals surface area contributed by atoms with Crippen LogP contribution in [0.4, 0.5) is 5.69 Å². The van der Waals surface area contributed by atoms with Crippen molar-refractivity contribution in [1.29, 1.82) is 0 Å². The standard InChI is InChI=1S/C19H13N3O5/c1-11-16(20-17(27-11)12-5-3-2-4-6-12)10-21-18(23)14-8-7-13(22(25)26)9-15(14)19(21)24/h2-9H,10H2,1H3. The molecule has 2 amide bonds. The van der Waals surface area contributed by atoms with Gasteiger partial charge in [-0.3, -0.25) is 24.6 Å². The molecule has 0 unspecified atom stereocenters. The van der Waals surface area contributed by atoms with Crippen molar-refractivity contribution in [3.05, 3.63) is 81.2 Å². The molecule has 134 valence electrons. The van der Waals surface area contributed by atoms with Crippen LogP contribution in [0.15, 0.2) is 52.9 Å².